The van der Waals surface area contributed by atoms with E-state index in [1.54, 1.807) is 6.20 Å². The van der Waals surface area contributed by atoms with Crippen LogP contribution < -0.4 is 10.6 Å². The monoisotopic (exact) mass is 191 g/mol. The van der Waals surface area contributed by atoms with Crippen LogP contribution in [0.3, 0.4) is 0 Å². The molecule has 0 amide bonds. The van der Waals surface area contributed by atoms with Crippen molar-refractivity contribution in [1.29, 1.82) is 0 Å². The van der Waals surface area contributed by atoms with Crippen molar-refractivity contribution in [3.05, 3.63) is 36.1 Å². The number of rotatable bonds is 1. The summed E-state index contributed by atoms with van der Waals surface area (Å²) in [6.07, 6.45) is 7.55. The number of nitrogens with one attached hydrogen (secondary N) is 2. The van der Waals surface area contributed by atoms with Crippen molar-refractivity contribution in [2.45, 2.75) is 20.8 Å². The average Bonchev–Trinajstić information content (AvgIpc) is 2.06. The van der Waals surface area contributed by atoms with Gasteiger partial charge in [0.2, 0.25) is 0 Å². The summed E-state index contributed by atoms with van der Waals surface area (Å²) in [6.45, 7) is 9.90. The fourth-order valence-corrected chi connectivity index (χ4v) is 1.17. The van der Waals surface area contributed by atoms with Gasteiger partial charge in [-0.05, 0) is 12.1 Å². The molecule has 0 spiro atoms. The molecule has 76 valence electrons. The van der Waals surface area contributed by atoms with E-state index >= 15 is 0 Å². The number of nitrogens with zero attached hydrogens (tertiary/aromatic N) is 1. The molecule has 0 bridgehead atoms. The molecule has 1 heterocycles. The maximum atomic E-state index is 3.75. The van der Waals surface area contributed by atoms with Gasteiger partial charge in [0.25, 0.3) is 0 Å². The first-order chi connectivity index (χ1) is 6.53. The fraction of sp³-hybridized carbons (Fsp3) is 0.364. The maximum Gasteiger partial charge on any atom is 0.0801 e. The molecule has 2 N–H and O–H groups in total. The molecule has 0 aromatic carbocycles. The summed E-state index contributed by atoms with van der Waals surface area (Å²) < 4.78 is 0. The van der Waals surface area contributed by atoms with Crippen LogP contribution in [0.15, 0.2) is 41.1 Å². The van der Waals surface area contributed by atoms with Crippen LogP contribution in [0.5, 0.6) is 0 Å². The van der Waals surface area contributed by atoms with Gasteiger partial charge in [-0.3, -0.25) is 4.99 Å². The quantitative estimate of drug-likeness (QED) is 0.623. The van der Waals surface area contributed by atoms with E-state index in [0.29, 0.717) is 0 Å². The minimum Gasteiger partial charge on any atom is -0.359 e. The topological polar surface area (TPSA) is 36.4 Å². The smallest absolute Gasteiger partial charge is 0.0801 e. The highest BCUT2D eigenvalue weighted by Crippen LogP contribution is 2.20. The van der Waals surface area contributed by atoms with Gasteiger partial charge < -0.3 is 10.6 Å². The summed E-state index contributed by atoms with van der Waals surface area (Å²) in [5, 5.41) is 6.28. The highest BCUT2D eigenvalue weighted by molar-refractivity contribution is 5.36. The van der Waals surface area contributed by atoms with Crippen LogP contribution in [0.25, 0.3) is 0 Å². The minimum atomic E-state index is 0.134. The van der Waals surface area contributed by atoms with E-state index in [-0.39, 0.29) is 5.41 Å². The Labute approximate surface area is 85.3 Å². The molecule has 3 nitrogen and oxygen atoms in total. The Balaban J connectivity index is 2.96. The van der Waals surface area contributed by atoms with E-state index in [2.05, 4.69) is 49.2 Å². The molecule has 0 fully saturated rings. The number of allylic oxidation sites excluding steroid dienone is 1. The third kappa shape index (κ3) is 3.09. The van der Waals surface area contributed by atoms with Crippen molar-refractivity contribution in [1.82, 2.24) is 10.6 Å². The molecule has 0 radical (unpaired) electrons. The molecular formula is C11H17N3. The Morgan fingerprint density at radius 3 is 2.29 bits per heavy atom. The van der Waals surface area contributed by atoms with E-state index < -0.39 is 0 Å². The Morgan fingerprint density at radius 1 is 1.21 bits per heavy atom. The normalized spacial score (nSPS) is 21.9. The van der Waals surface area contributed by atoms with Gasteiger partial charge in [0, 0.05) is 12.4 Å². The Hall–Kier alpha value is -1.51. The van der Waals surface area contributed by atoms with Crippen molar-refractivity contribution in [2.24, 2.45) is 10.4 Å². The summed E-state index contributed by atoms with van der Waals surface area (Å²) in [5.74, 6) is 0. The summed E-state index contributed by atoms with van der Waals surface area (Å²) in [4.78, 5) is 3.75. The standard InChI is InChI=1S/C11H17N3/c1-11(2,3)7-9-10(8-12-4)14-6-5-13-9/h5-8,13-14H,4H2,1-3H3/b9-7+,10-8+. The number of hydrogen-bond acceptors (Lipinski definition) is 3. The lowest BCUT2D eigenvalue weighted by Gasteiger charge is -2.21. The van der Waals surface area contributed by atoms with Crippen LogP contribution in [0, 0.1) is 5.41 Å². The van der Waals surface area contributed by atoms with Crippen LogP contribution in [0.1, 0.15) is 20.8 Å². The Kier molecular flexibility index (Phi) is 3.12. The maximum absolute atomic E-state index is 3.75. The van der Waals surface area contributed by atoms with Gasteiger partial charge in [0.15, 0.2) is 0 Å². The predicted molar refractivity (Wildman–Crippen MR) is 60.6 cm³/mol. The zero-order valence-electron chi connectivity index (χ0n) is 8.96. The fourth-order valence-electron chi connectivity index (χ4n) is 1.17. The molecule has 3 heteroatoms. The van der Waals surface area contributed by atoms with E-state index in [1.165, 1.54) is 0 Å². The molecule has 0 aromatic heterocycles. The van der Waals surface area contributed by atoms with Crippen LogP contribution in [-0.2, 0) is 0 Å². The lowest BCUT2D eigenvalue weighted by atomic mass is 9.94. The molecule has 1 aliphatic rings. The molecular weight excluding hydrogens is 174 g/mol. The molecule has 0 saturated carbocycles. The van der Waals surface area contributed by atoms with E-state index in [0.717, 1.165) is 11.4 Å². The summed E-state index contributed by atoms with van der Waals surface area (Å²) >= 11 is 0. The van der Waals surface area contributed by atoms with Gasteiger partial charge in [0.1, 0.15) is 0 Å². The predicted octanol–water partition coefficient (Wildman–Crippen LogP) is 2.12. The molecule has 0 aromatic rings. The molecule has 1 rings (SSSR count). The average molecular weight is 191 g/mol. The van der Waals surface area contributed by atoms with Crippen LogP contribution in [0.2, 0.25) is 0 Å². The molecule has 14 heavy (non-hydrogen) atoms. The van der Waals surface area contributed by atoms with Crippen LogP contribution in [-0.4, -0.2) is 6.72 Å². The molecule has 0 saturated heterocycles. The van der Waals surface area contributed by atoms with Gasteiger partial charge in [-0.2, -0.15) is 0 Å². The second-order valence-electron chi connectivity index (χ2n) is 4.27. The van der Waals surface area contributed by atoms with Crippen molar-refractivity contribution >= 4 is 6.72 Å². The summed E-state index contributed by atoms with van der Waals surface area (Å²) in [7, 11) is 0. The van der Waals surface area contributed by atoms with Gasteiger partial charge in [-0.1, -0.05) is 26.8 Å². The van der Waals surface area contributed by atoms with Crippen LogP contribution >= 0.6 is 0 Å². The Morgan fingerprint density at radius 2 is 1.79 bits per heavy atom. The second kappa shape index (κ2) is 4.13. The minimum absolute atomic E-state index is 0.134. The van der Waals surface area contributed by atoms with Crippen molar-refractivity contribution in [2.75, 3.05) is 0 Å². The zero-order valence-corrected chi connectivity index (χ0v) is 8.96. The third-order valence-corrected chi connectivity index (χ3v) is 1.65. The number of hydrogen-bond donors (Lipinski definition) is 2. The number of aliphatic imine (C=N–C) groups is 1. The first-order valence-corrected chi connectivity index (χ1v) is 4.60. The molecule has 0 aliphatic carbocycles. The van der Waals surface area contributed by atoms with Gasteiger partial charge >= 0.3 is 0 Å². The third-order valence-electron chi connectivity index (χ3n) is 1.65. The van der Waals surface area contributed by atoms with Crippen molar-refractivity contribution < 1.29 is 0 Å². The summed E-state index contributed by atoms with van der Waals surface area (Å²) in [5.41, 5.74) is 2.11. The Bertz CT molecular complexity index is 303. The highest BCUT2D eigenvalue weighted by Gasteiger charge is 2.12. The summed E-state index contributed by atoms with van der Waals surface area (Å²) in [6, 6.07) is 0. The zero-order chi connectivity index (χ0) is 10.6. The lowest BCUT2D eigenvalue weighted by Crippen LogP contribution is -2.23. The highest BCUT2D eigenvalue weighted by atomic mass is 15.0. The van der Waals surface area contributed by atoms with Crippen LogP contribution in [0.4, 0.5) is 0 Å². The van der Waals surface area contributed by atoms with Crippen molar-refractivity contribution in [3.8, 4) is 0 Å². The molecule has 0 unspecified atom stereocenters. The first kappa shape index (κ1) is 10.6. The van der Waals surface area contributed by atoms with E-state index in [4.69, 9.17) is 0 Å². The van der Waals surface area contributed by atoms with Gasteiger partial charge in [0.05, 0.1) is 17.6 Å². The molecule has 1 aliphatic heterocycles. The van der Waals surface area contributed by atoms with E-state index in [9.17, 15) is 0 Å². The molecule has 0 atom stereocenters. The lowest BCUT2D eigenvalue weighted by molar-refractivity contribution is 0.536. The first-order valence-electron chi connectivity index (χ1n) is 4.60. The SMILES string of the molecule is C=N/C=C1/NC=CN/C1=C/C(C)(C)C. The van der Waals surface area contributed by atoms with Gasteiger partial charge in [-0.15, -0.1) is 0 Å². The van der Waals surface area contributed by atoms with Gasteiger partial charge in [-0.25, -0.2) is 0 Å². The van der Waals surface area contributed by atoms with E-state index in [1.807, 2.05) is 12.4 Å². The second-order valence-corrected chi connectivity index (χ2v) is 4.27. The van der Waals surface area contributed by atoms with Crippen molar-refractivity contribution in [3.63, 3.8) is 0 Å². The largest absolute Gasteiger partial charge is 0.359 e.